The Morgan fingerprint density at radius 2 is 1.22 bits per heavy atom. The van der Waals surface area contributed by atoms with E-state index in [0.29, 0.717) is 47.9 Å². The fraction of sp³-hybridized carbons (Fsp3) is 0.540. The van der Waals surface area contributed by atoms with Crippen LogP contribution in [-0.4, -0.2) is 222 Å². The SMILES string of the molecule is Cc1c(CN(C(=O)C2=C(c3ccc(CCCOc4c(F)ccc(F)c4Cl)cc3)CC3CN(C(=O)OCCOCCON(O)O)CC2N3C(=O)OCCOCCON(O)O)C2CC2)ccnc1OCCOC(=O)OCCOCCON(O)O. The lowest BCUT2D eigenvalue weighted by molar-refractivity contribution is -0.493. The number of amides is 3. The second-order valence-electron chi connectivity index (χ2n) is 18.1. The molecule has 2 unspecified atom stereocenters. The van der Waals surface area contributed by atoms with Crippen LogP contribution in [-0.2, 0) is 65.4 Å². The first-order valence-corrected chi connectivity index (χ1v) is 26.2. The van der Waals surface area contributed by atoms with Gasteiger partial charge in [0.15, 0.2) is 11.6 Å². The number of pyridine rings is 1. The van der Waals surface area contributed by atoms with E-state index >= 15 is 4.79 Å². The van der Waals surface area contributed by atoms with Gasteiger partial charge in [0.1, 0.15) is 43.9 Å². The number of fused-ring (bicyclic) bond motifs is 2. The summed E-state index contributed by atoms with van der Waals surface area (Å²) in [5.74, 6) is -2.24. The molecular formula is C50H66ClF2N7O22. The molecule has 2 fully saturated rings. The van der Waals surface area contributed by atoms with Crippen LogP contribution in [0.25, 0.3) is 5.57 Å². The summed E-state index contributed by atoms with van der Waals surface area (Å²) in [7, 11) is 0. The zero-order chi connectivity index (χ0) is 59.0. The predicted molar refractivity (Wildman–Crippen MR) is 269 cm³/mol. The Bertz CT molecular complexity index is 2560. The number of rotatable bonds is 35. The van der Waals surface area contributed by atoms with Crippen LogP contribution in [0.5, 0.6) is 11.6 Å². The second kappa shape index (κ2) is 33.8. The van der Waals surface area contributed by atoms with Gasteiger partial charge in [0.05, 0.1) is 94.3 Å². The van der Waals surface area contributed by atoms with Gasteiger partial charge in [-0.25, -0.2) is 42.7 Å². The van der Waals surface area contributed by atoms with E-state index < -0.39 is 69.2 Å². The Labute approximate surface area is 473 Å². The molecular weight excluding hydrogens is 1120 g/mol. The molecule has 1 aliphatic carbocycles. The molecule has 2 atom stereocenters. The van der Waals surface area contributed by atoms with Gasteiger partial charge < -0.3 is 52.4 Å². The van der Waals surface area contributed by atoms with Crippen molar-refractivity contribution in [1.29, 1.82) is 0 Å². The van der Waals surface area contributed by atoms with Crippen LogP contribution in [0.15, 0.2) is 54.2 Å². The molecule has 3 aromatic rings. The van der Waals surface area contributed by atoms with E-state index in [1.165, 1.54) is 16.0 Å². The van der Waals surface area contributed by atoms with Gasteiger partial charge in [-0.3, -0.25) is 40.9 Å². The Hall–Kier alpha value is -6.24. The first kappa shape index (κ1) is 64.9. The van der Waals surface area contributed by atoms with Crippen molar-refractivity contribution >= 4 is 41.4 Å². The number of halogens is 3. The van der Waals surface area contributed by atoms with Gasteiger partial charge in [-0.2, -0.15) is 0 Å². The van der Waals surface area contributed by atoms with Gasteiger partial charge in [0.25, 0.3) is 5.91 Å². The molecule has 0 spiro atoms. The van der Waals surface area contributed by atoms with Crippen LogP contribution in [0.2, 0.25) is 5.02 Å². The Morgan fingerprint density at radius 3 is 1.82 bits per heavy atom. The first-order chi connectivity index (χ1) is 39.5. The highest BCUT2D eigenvalue weighted by Gasteiger charge is 2.50. The van der Waals surface area contributed by atoms with E-state index in [2.05, 4.69) is 19.5 Å². The number of hydrogen-bond acceptors (Lipinski definition) is 26. The fourth-order valence-corrected chi connectivity index (χ4v) is 8.88. The third-order valence-electron chi connectivity index (χ3n) is 12.6. The fourth-order valence-electron chi connectivity index (χ4n) is 8.67. The van der Waals surface area contributed by atoms with Crippen LogP contribution in [0.1, 0.15) is 47.9 Å². The molecule has 82 heavy (non-hydrogen) atoms. The van der Waals surface area contributed by atoms with E-state index in [-0.39, 0.29) is 148 Å². The van der Waals surface area contributed by atoms with E-state index in [1.54, 1.807) is 17.9 Å². The van der Waals surface area contributed by atoms with Crippen LogP contribution >= 0.6 is 11.6 Å². The predicted octanol–water partition coefficient (Wildman–Crippen LogP) is 4.93. The number of nitrogens with zero attached hydrogens (tertiary/aromatic N) is 7. The number of carbonyl (C=O) groups is 4. The molecule has 6 N–H and O–H groups in total. The third kappa shape index (κ3) is 20.6. The largest absolute Gasteiger partial charge is 0.508 e. The minimum absolute atomic E-state index is 0.0134. The quantitative estimate of drug-likeness (QED) is 0.0149. The normalized spacial score (nSPS) is 16.0. The molecule has 0 radical (unpaired) electrons. The lowest BCUT2D eigenvalue weighted by Gasteiger charge is -2.50. The average Bonchev–Trinajstić information content (AvgIpc) is 4.24. The topological polar surface area (TPSA) is 333 Å². The van der Waals surface area contributed by atoms with Crippen molar-refractivity contribution in [1.82, 2.24) is 35.9 Å². The van der Waals surface area contributed by atoms with Crippen molar-refractivity contribution < 1.29 is 116 Å². The number of aromatic nitrogens is 1. The number of aryl methyl sites for hydroxylation is 1. The van der Waals surface area contributed by atoms with Gasteiger partial charge in [-0.05, 0) is 79.5 Å². The third-order valence-corrected chi connectivity index (χ3v) is 12.9. The van der Waals surface area contributed by atoms with Crippen molar-refractivity contribution in [2.45, 2.75) is 63.7 Å². The maximum atomic E-state index is 15.7. The zero-order valence-corrected chi connectivity index (χ0v) is 45.3. The van der Waals surface area contributed by atoms with E-state index in [9.17, 15) is 23.2 Å². The summed E-state index contributed by atoms with van der Waals surface area (Å²) in [4.78, 5) is 78.3. The van der Waals surface area contributed by atoms with Crippen molar-refractivity contribution in [3.63, 3.8) is 0 Å². The van der Waals surface area contributed by atoms with Crippen molar-refractivity contribution in [2.24, 2.45) is 0 Å². The van der Waals surface area contributed by atoms with Gasteiger partial charge in [0.2, 0.25) is 5.88 Å². The number of ether oxygens (including phenoxy) is 9. The number of piperazine rings is 1. The lowest BCUT2D eigenvalue weighted by atomic mass is 9.81. The Morgan fingerprint density at radius 1 is 0.659 bits per heavy atom. The number of carbonyl (C=O) groups excluding carboxylic acids is 4. The first-order valence-electron chi connectivity index (χ1n) is 25.8. The van der Waals surface area contributed by atoms with Gasteiger partial charge >= 0.3 is 18.3 Å². The summed E-state index contributed by atoms with van der Waals surface area (Å²) < 4.78 is 77.1. The molecule has 454 valence electrons. The highest BCUT2D eigenvalue weighted by molar-refractivity contribution is 6.32. The molecule has 1 aromatic heterocycles. The minimum Gasteiger partial charge on any atom is -0.489 e. The summed E-state index contributed by atoms with van der Waals surface area (Å²) in [5, 5.41) is 50.3. The highest BCUT2D eigenvalue weighted by Crippen LogP contribution is 2.42. The maximum Gasteiger partial charge on any atom is 0.508 e. The highest BCUT2D eigenvalue weighted by atomic mass is 35.5. The smallest absolute Gasteiger partial charge is 0.489 e. The minimum atomic E-state index is -1.11. The molecule has 2 aromatic carbocycles. The molecule has 2 bridgehead atoms. The second-order valence-corrected chi connectivity index (χ2v) is 18.5. The Balaban J connectivity index is 1.23. The summed E-state index contributed by atoms with van der Waals surface area (Å²) in [6, 6.07) is 8.86. The molecule has 3 aliphatic rings. The molecule has 3 amide bonds. The monoisotopic (exact) mass is 1190 g/mol. The van der Waals surface area contributed by atoms with Crippen LogP contribution in [0, 0.1) is 18.6 Å². The summed E-state index contributed by atoms with van der Waals surface area (Å²) in [6.45, 7) is -0.358. The van der Waals surface area contributed by atoms with Crippen molar-refractivity contribution in [2.75, 3.05) is 112 Å². The van der Waals surface area contributed by atoms with Crippen molar-refractivity contribution in [3.8, 4) is 11.6 Å². The van der Waals surface area contributed by atoms with Crippen LogP contribution in [0.4, 0.5) is 23.2 Å². The lowest BCUT2D eigenvalue weighted by Crippen LogP contribution is -2.65. The number of benzene rings is 2. The molecule has 2 aliphatic heterocycles. The zero-order valence-electron chi connectivity index (χ0n) is 44.6. The summed E-state index contributed by atoms with van der Waals surface area (Å²) in [5.41, 5.74) is 3.55. The van der Waals surface area contributed by atoms with Crippen LogP contribution < -0.4 is 9.47 Å². The van der Waals surface area contributed by atoms with E-state index in [0.717, 1.165) is 17.7 Å². The van der Waals surface area contributed by atoms with E-state index in [1.807, 2.05) is 24.3 Å². The molecule has 29 nitrogen and oxygen atoms in total. The molecule has 1 saturated heterocycles. The van der Waals surface area contributed by atoms with Gasteiger partial charge in [-0.1, -0.05) is 35.9 Å². The summed E-state index contributed by atoms with van der Waals surface area (Å²) in [6.07, 6.45) is 1.18. The van der Waals surface area contributed by atoms with Gasteiger partial charge in [0, 0.05) is 43.0 Å². The average molecular weight is 1190 g/mol. The number of hydrogen-bond donors (Lipinski definition) is 6. The van der Waals surface area contributed by atoms with Crippen molar-refractivity contribution in [3.05, 3.63) is 93.1 Å². The summed E-state index contributed by atoms with van der Waals surface area (Å²) >= 11 is 5.95. The molecule has 3 heterocycles. The molecule has 1 saturated carbocycles. The molecule has 32 heteroatoms. The maximum absolute atomic E-state index is 15.7. The van der Waals surface area contributed by atoms with Crippen LogP contribution in [0.3, 0.4) is 0 Å². The van der Waals surface area contributed by atoms with Gasteiger partial charge in [-0.15, -0.1) is 0 Å². The van der Waals surface area contributed by atoms with E-state index in [4.69, 9.17) is 85.5 Å². The standard InChI is InChI=1S/C50H66ClF2N7O22/c1-33-36(12-13-54-46(33)75-24-25-79-50(64)78-23-17-73-20-28-82-60(69)70)30-56(37-8-9-37)47(61)43-39(35-6-4-34(5-7-35)3-2-14-74-45-41(53)11-10-40(52)44(45)51)29-38-31-55(48(62)76-21-15-71-18-26-80-58(65)66)32-42(43)57(38)49(63)77-22-16-72-19-27-81-59(67)68/h4-7,10-13,37-38,42,65-70H,2-3,8-9,14-32H2,1H3. The Kier molecular flexibility index (Phi) is 26.7. The molecule has 6 rings (SSSR count).